The molecule has 2 unspecified atom stereocenters. The van der Waals surface area contributed by atoms with Gasteiger partial charge in [0.25, 0.3) is 0 Å². The number of hydrogen-bond acceptors (Lipinski definition) is 12. The van der Waals surface area contributed by atoms with Crippen molar-refractivity contribution < 1.29 is 33.8 Å². The van der Waals surface area contributed by atoms with Crippen LogP contribution in [-0.4, -0.2) is 112 Å². The lowest BCUT2D eigenvalue weighted by atomic mass is 10.0. The zero-order valence-corrected chi connectivity index (χ0v) is 25.2. The van der Waals surface area contributed by atoms with E-state index in [9.17, 15) is 19.2 Å². The first-order valence-electron chi connectivity index (χ1n) is 13.3. The van der Waals surface area contributed by atoms with E-state index in [2.05, 4.69) is 36.2 Å². The Morgan fingerprint density at radius 3 is 2.43 bits per heavy atom. The van der Waals surface area contributed by atoms with Crippen LogP contribution in [0.25, 0.3) is 11.3 Å². The molecule has 232 valence electrons. The first kappa shape index (κ1) is 34.4. The van der Waals surface area contributed by atoms with Gasteiger partial charge in [-0.25, -0.2) is 9.97 Å². The van der Waals surface area contributed by atoms with Gasteiger partial charge in [0.05, 0.1) is 12.3 Å². The molecule has 0 aromatic carbocycles. The monoisotopic (exact) mass is 609 g/mol. The van der Waals surface area contributed by atoms with Gasteiger partial charge in [-0.05, 0) is 30.2 Å². The fourth-order valence-corrected chi connectivity index (χ4v) is 3.82. The molecule has 0 aliphatic heterocycles. The molecule has 16 nitrogen and oxygen atoms in total. The van der Waals surface area contributed by atoms with Crippen LogP contribution >= 0.6 is 11.8 Å². The van der Waals surface area contributed by atoms with Gasteiger partial charge in [0, 0.05) is 31.5 Å². The summed E-state index contributed by atoms with van der Waals surface area (Å²) in [7, 11) is 1.80. The van der Waals surface area contributed by atoms with Crippen molar-refractivity contribution in [1.82, 2.24) is 41.0 Å². The molecule has 17 heteroatoms. The van der Waals surface area contributed by atoms with Crippen molar-refractivity contribution in [1.29, 1.82) is 0 Å². The van der Waals surface area contributed by atoms with Gasteiger partial charge in [0.15, 0.2) is 5.16 Å². The standard InChI is InChI=1S/C25H39N9O7S/c1-6-42-25-28-9-18(10-29-25)19-12-34(32-31-19)33(5)15-41-17(4)7-8-26-20(35)13-40-14-21(36)30-23(16(2)3)24(39)27-11-22(37)38/h9-10,12,16-17,23H,6-8,11,13-15H2,1-5H3,(H,26,35)(H,27,39)(H,30,36)(H,37,38). The van der Waals surface area contributed by atoms with Crippen molar-refractivity contribution in [3.8, 4) is 11.3 Å². The molecule has 42 heavy (non-hydrogen) atoms. The minimum atomic E-state index is -1.19. The zero-order chi connectivity index (χ0) is 31.1. The van der Waals surface area contributed by atoms with Gasteiger partial charge in [0.2, 0.25) is 17.7 Å². The van der Waals surface area contributed by atoms with Gasteiger partial charge < -0.3 is 30.5 Å². The van der Waals surface area contributed by atoms with Crippen LogP contribution in [0, 0.1) is 5.92 Å². The van der Waals surface area contributed by atoms with E-state index in [1.807, 2.05) is 13.8 Å². The van der Waals surface area contributed by atoms with Crippen molar-refractivity contribution in [3.05, 3.63) is 18.6 Å². The predicted molar refractivity (Wildman–Crippen MR) is 153 cm³/mol. The van der Waals surface area contributed by atoms with Gasteiger partial charge in [-0.1, -0.05) is 32.5 Å². The summed E-state index contributed by atoms with van der Waals surface area (Å²) in [6.45, 7) is 6.54. The van der Waals surface area contributed by atoms with E-state index in [4.69, 9.17) is 14.6 Å². The number of rotatable bonds is 19. The molecule has 2 heterocycles. The van der Waals surface area contributed by atoms with Gasteiger partial charge in [0.1, 0.15) is 38.2 Å². The smallest absolute Gasteiger partial charge is 0.322 e. The summed E-state index contributed by atoms with van der Waals surface area (Å²) in [5, 5.41) is 26.8. The van der Waals surface area contributed by atoms with Crippen LogP contribution in [0.5, 0.6) is 0 Å². The summed E-state index contributed by atoms with van der Waals surface area (Å²) in [4.78, 5) is 57.1. The molecule has 2 aromatic heterocycles. The number of nitrogens with one attached hydrogen (secondary N) is 3. The maximum absolute atomic E-state index is 12.1. The van der Waals surface area contributed by atoms with Crippen molar-refractivity contribution in [2.24, 2.45) is 5.92 Å². The molecule has 3 amide bonds. The fraction of sp³-hybridized carbons (Fsp3) is 0.600. The van der Waals surface area contributed by atoms with Gasteiger partial charge in [-0.2, -0.15) is 4.79 Å². The predicted octanol–water partition coefficient (Wildman–Crippen LogP) is -0.358. The SMILES string of the molecule is CCSc1ncc(-c2cn(N(C)COC(C)CCNC(=O)COCC(=O)NC(C(=O)NCC(=O)O)C(C)C)nn2)cn1. The number of thioether (sulfide) groups is 1. The molecule has 2 aromatic rings. The number of ether oxygens (including phenoxy) is 2. The normalized spacial score (nSPS) is 12.4. The van der Waals surface area contributed by atoms with Gasteiger partial charge in [-0.15, -0.1) is 5.10 Å². The van der Waals surface area contributed by atoms with Crippen molar-refractivity contribution in [2.45, 2.75) is 51.4 Å². The minimum absolute atomic E-state index is 0.181. The van der Waals surface area contributed by atoms with E-state index in [1.54, 1.807) is 61.0 Å². The Morgan fingerprint density at radius 2 is 1.79 bits per heavy atom. The molecule has 0 radical (unpaired) electrons. The van der Waals surface area contributed by atoms with E-state index in [0.717, 1.165) is 11.3 Å². The van der Waals surface area contributed by atoms with Crippen LogP contribution in [-0.2, 0) is 28.7 Å². The number of amides is 3. The highest BCUT2D eigenvalue weighted by atomic mass is 32.2. The zero-order valence-electron chi connectivity index (χ0n) is 24.4. The highest BCUT2D eigenvalue weighted by Crippen LogP contribution is 2.17. The number of carboxylic acid groups (broad SMARTS) is 1. The Hall–Kier alpha value is -3.83. The highest BCUT2D eigenvalue weighted by molar-refractivity contribution is 7.99. The van der Waals surface area contributed by atoms with E-state index in [1.165, 1.54) is 0 Å². The van der Waals surface area contributed by atoms with Crippen LogP contribution in [0.4, 0.5) is 0 Å². The first-order chi connectivity index (χ1) is 20.0. The number of carboxylic acids is 1. The second kappa shape index (κ2) is 17.9. The minimum Gasteiger partial charge on any atom is -0.480 e. The molecule has 2 atom stereocenters. The molecule has 4 N–H and O–H groups in total. The number of carbonyl (C=O) groups is 4. The van der Waals surface area contributed by atoms with Crippen LogP contribution in [0.3, 0.4) is 0 Å². The van der Waals surface area contributed by atoms with Crippen molar-refractivity contribution in [2.75, 3.05) is 50.8 Å². The number of aliphatic carboxylic acids is 1. The fourth-order valence-electron chi connectivity index (χ4n) is 3.31. The quantitative estimate of drug-likeness (QED) is 0.0914. The summed E-state index contributed by atoms with van der Waals surface area (Å²) in [5.74, 6) is -2.22. The summed E-state index contributed by atoms with van der Waals surface area (Å²) in [5.41, 5.74) is 1.39. The Morgan fingerprint density at radius 1 is 1.10 bits per heavy atom. The largest absolute Gasteiger partial charge is 0.480 e. The third kappa shape index (κ3) is 12.4. The van der Waals surface area contributed by atoms with Crippen LogP contribution in [0.2, 0.25) is 0 Å². The summed E-state index contributed by atoms with van der Waals surface area (Å²) in [6, 6.07) is -0.932. The second-order valence-corrected chi connectivity index (χ2v) is 10.7. The lowest BCUT2D eigenvalue weighted by Crippen LogP contribution is -2.51. The van der Waals surface area contributed by atoms with E-state index < -0.39 is 42.9 Å². The maximum Gasteiger partial charge on any atom is 0.322 e. The van der Waals surface area contributed by atoms with E-state index in [0.29, 0.717) is 23.8 Å². The average molecular weight is 610 g/mol. The molecular weight excluding hydrogens is 570 g/mol. The molecule has 0 aliphatic rings. The average Bonchev–Trinajstić information content (AvgIpc) is 3.44. The molecule has 2 rings (SSSR count). The Bertz CT molecular complexity index is 1160. The Labute approximate surface area is 248 Å². The molecule has 0 aliphatic carbocycles. The molecule has 0 fully saturated rings. The van der Waals surface area contributed by atoms with Gasteiger partial charge >= 0.3 is 5.97 Å². The van der Waals surface area contributed by atoms with E-state index >= 15 is 0 Å². The Balaban J connectivity index is 1.63. The Kier molecular flexibility index (Phi) is 14.6. The number of carbonyl (C=O) groups excluding carboxylic acids is 3. The lowest BCUT2D eigenvalue weighted by molar-refractivity contribution is -0.138. The third-order valence-corrected chi connectivity index (χ3v) is 6.35. The maximum atomic E-state index is 12.1. The highest BCUT2D eigenvalue weighted by Gasteiger charge is 2.24. The first-order valence-corrected chi connectivity index (χ1v) is 14.3. The molecule has 0 saturated heterocycles. The summed E-state index contributed by atoms with van der Waals surface area (Å²) in [6.07, 6.45) is 5.52. The van der Waals surface area contributed by atoms with Crippen LogP contribution in [0.15, 0.2) is 23.7 Å². The lowest BCUT2D eigenvalue weighted by Gasteiger charge is -2.21. The van der Waals surface area contributed by atoms with Crippen LogP contribution in [0.1, 0.15) is 34.1 Å². The second-order valence-electron chi connectivity index (χ2n) is 9.51. The molecule has 0 saturated carbocycles. The van der Waals surface area contributed by atoms with Crippen molar-refractivity contribution >= 4 is 35.5 Å². The topological polar surface area (TPSA) is 203 Å². The number of nitrogens with zero attached hydrogens (tertiary/aromatic N) is 6. The molecule has 0 bridgehead atoms. The molecule has 0 spiro atoms. The third-order valence-electron chi connectivity index (χ3n) is 5.59. The number of hydrogen-bond donors (Lipinski definition) is 4. The van der Waals surface area contributed by atoms with Crippen molar-refractivity contribution in [3.63, 3.8) is 0 Å². The summed E-state index contributed by atoms with van der Waals surface area (Å²) >= 11 is 1.56. The van der Waals surface area contributed by atoms with E-state index in [-0.39, 0.29) is 25.4 Å². The molecular formula is C25H39N9O7S. The summed E-state index contributed by atoms with van der Waals surface area (Å²) < 4.78 is 11.0. The van der Waals surface area contributed by atoms with Crippen LogP contribution < -0.4 is 21.0 Å². The van der Waals surface area contributed by atoms with Gasteiger partial charge in [-0.3, -0.25) is 24.2 Å². The number of aromatic nitrogens is 5.